The number of halogens is 1. The molecule has 0 spiro atoms. The molecule has 1 aromatic carbocycles. The number of nitrogens with one attached hydrogen (secondary N) is 1. The molecule has 2 rings (SSSR count). The van der Waals surface area contributed by atoms with E-state index < -0.39 is 0 Å². The van der Waals surface area contributed by atoms with E-state index in [2.05, 4.69) is 15.4 Å². The molecular weight excluding hydrogens is 216 g/mol. The Hall–Kier alpha value is -1.75. The van der Waals surface area contributed by atoms with Crippen molar-refractivity contribution < 1.29 is 4.74 Å². The zero-order valence-electron chi connectivity index (χ0n) is 7.99. The summed E-state index contributed by atoms with van der Waals surface area (Å²) in [5.74, 6) is 0.549. The number of aromatic nitrogens is 3. The lowest BCUT2D eigenvalue weighted by Gasteiger charge is -2.09. The van der Waals surface area contributed by atoms with Gasteiger partial charge in [0.15, 0.2) is 5.75 Å². The maximum atomic E-state index is 5.90. The first-order valence-electron chi connectivity index (χ1n) is 4.21. The lowest BCUT2D eigenvalue weighted by molar-refractivity contribution is 0.418. The summed E-state index contributed by atoms with van der Waals surface area (Å²) >= 11 is 5.90. The first-order chi connectivity index (χ1) is 7.22. The van der Waals surface area contributed by atoms with Crippen LogP contribution in [0, 0.1) is 0 Å². The van der Waals surface area contributed by atoms with E-state index in [-0.39, 0.29) is 0 Å². The lowest BCUT2D eigenvalue weighted by atomic mass is 10.1. The number of rotatable bonds is 2. The molecule has 2 aromatic rings. The van der Waals surface area contributed by atoms with Crippen LogP contribution in [-0.2, 0) is 0 Å². The van der Waals surface area contributed by atoms with E-state index >= 15 is 0 Å². The van der Waals surface area contributed by atoms with Gasteiger partial charge in [-0.3, -0.25) is 0 Å². The van der Waals surface area contributed by atoms with Gasteiger partial charge < -0.3 is 10.5 Å². The molecule has 0 amide bonds. The molecule has 1 heterocycles. The first kappa shape index (κ1) is 9.79. The quantitative estimate of drug-likeness (QED) is 0.762. The third-order valence-corrected chi connectivity index (χ3v) is 2.20. The second kappa shape index (κ2) is 3.78. The summed E-state index contributed by atoms with van der Waals surface area (Å²) in [6.07, 6.45) is 1.58. The van der Waals surface area contributed by atoms with Crippen LogP contribution in [0.4, 0.5) is 5.69 Å². The summed E-state index contributed by atoms with van der Waals surface area (Å²) in [7, 11) is 1.54. The van der Waals surface area contributed by atoms with Gasteiger partial charge >= 0.3 is 0 Å². The van der Waals surface area contributed by atoms with E-state index in [1.807, 2.05) is 0 Å². The Morgan fingerprint density at radius 2 is 2.27 bits per heavy atom. The maximum Gasteiger partial charge on any atom is 0.151 e. The Morgan fingerprint density at radius 3 is 2.87 bits per heavy atom. The zero-order valence-corrected chi connectivity index (χ0v) is 8.75. The Bertz CT molecular complexity index is 469. The number of nitrogen functional groups attached to an aromatic ring is 1. The van der Waals surface area contributed by atoms with Crippen LogP contribution in [0.15, 0.2) is 18.3 Å². The molecule has 78 valence electrons. The molecule has 6 heteroatoms. The summed E-state index contributed by atoms with van der Waals surface area (Å²) in [4.78, 5) is 0. The van der Waals surface area contributed by atoms with Crippen molar-refractivity contribution in [2.75, 3.05) is 12.8 Å². The molecule has 0 aliphatic carbocycles. The van der Waals surface area contributed by atoms with E-state index in [9.17, 15) is 0 Å². The predicted molar refractivity (Wildman–Crippen MR) is 57.8 cm³/mol. The van der Waals surface area contributed by atoms with E-state index in [4.69, 9.17) is 22.1 Å². The Balaban J connectivity index is 2.64. The van der Waals surface area contributed by atoms with Crippen molar-refractivity contribution in [3.05, 3.63) is 23.4 Å². The zero-order chi connectivity index (χ0) is 10.8. The van der Waals surface area contributed by atoms with Crippen LogP contribution in [-0.4, -0.2) is 22.5 Å². The number of anilines is 1. The van der Waals surface area contributed by atoms with Gasteiger partial charge in [0, 0.05) is 10.6 Å². The second-order valence-electron chi connectivity index (χ2n) is 2.93. The van der Waals surface area contributed by atoms with Crippen LogP contribution >= 0.6 is 11.6 Å². The van der Waals surface area contributed by atoms with Crippen LogP contribution in [0.2, 0.25) is 5.02 Å². The van der Waals surface area contributed by atoms with Crippen LogP contribution < -0.4 is 10.5 Å². The first-order valence-corrected chi connectivity index (χ1v) is 4.59. The van der Waals surface area contributed by atoms with Gasteiger partial charge in [-0.1, -0.05) is 11.6 Å². The molecule has 5 nitrogen and oxygen atoms in total. The van der Waals surface area contributed by atoms with E-state index in [0.717, 1.165) is 5.56 Å². The molecule has 15 heavy (non-hydrogen) atoms. The SMILES string of the molecule is COc1c(N)cc(Cl)cc1-c1cn[nH]n1. The van der Waals surface area contributed by atoms with Gasteiger partial charge in [0.05, 0.1) is 19.0 Å². The Morgan fingerprint density at radius 1 is 1.47 bits per heavy atom. The molecule has 0 radical (unpaired) electrons. The molecule has 0 aliphatic heterocycles. The molecular formula is C9H9ClN4O. The summed E-state index contributed by atoms with van der Waals surface area (Å²) in [5, 5.41) is 10.7. The highest BCUT2D eigenvalue weighted by Gasteiger charge is 2.12. The Kier molecular flexibility index (Phi) is 2.47. The van der Waals surface area contributed by atoms with Crippen molar-refractivity contribution in [3.8, 4) is 17.0 Å². The number of nitrogens with zero attached hydrogens (tertiary/aromatic N) is 2. The van der Waals surface area contributed by atoms with Gasteiger partial charge in [0.1, 0.15) is 5.69 Å². The van der Waals surface area contributed by atoms with Crippen molar-refractivity contribution in [2.24, 2.45) is 0 Å². The topological polar surface area (TPSA) is 76.8 Å². The van der Waals surface area contributed by atoms with Crippen LogP contribution in [0.5, 0.6) is 5.75 Å². The number of hydrogen-bond acceptors (Lipinski definition) is 4. The largest absolute Gasteiger partial charge is 0.494 e. The highest BCUT2D eigenvalue weighted by molar-refractivity contribution is 6.31. The number of hydrogen-bond donors (Lipinski definition) is 2. The van der Waals surface area contributed by atoms with E-state index in [1.54, 1.807) is 25.4 Å². The van der Waals surface area contributed by atoms with Gasteiger partial charge in [-0.05, 0) is 12.1 Å². The molecule has 1 aromatic heterocycles. The summed E-state index contributed by atoms with van der Waals surface area (Å²) in [5.41, 5.74) is 7.60. The van der Waals surface area contributed by atoms with Crippen LogP contribution in [0.3, 0.4) is 0 Å². The smallest absolute Gasteiger partial charge is 0.151 e. The number of H-pyrrole nitrogens is 1. The normalized spacial score (nSPS) is 10.3. The lowest BCUT2D eigenvalue weighted by Crippen LogP contribution is -1.95. The standard InChI is InChI=1S/C9H9ClN4O/c1-15-9-6(8-4-12-14-13-8)2-5(10)3-7(9)11/h2-4H,11H2,1H3,(H,12,13,14). The summed E-state index contributed by atoms with van der Waals surface area (Å²) < 4.78 is 5.19. The van der Waals surface area contributed by atoms with Crippen LogP contribution in [0.1, 0.15) is 0 Å². The molecule has 0 atom stereocenters. The molecule has 3 N–H and O–H groups in total. The summed E-state index contributed by atoms with van der Waals surface area (Å²) in [6, 6.07) is 3.36. The van der Waals surface area contributed by atoms with Gasteiger partial charge in [-0.15, -0.1) is 0 Å². The fourth-order valence-corrected chi connectivity index (χ4v) is 1.59. The van der Waals surface area contributed by atoms with Crippen molar-refractivity contribution in [3.63, 3.8) is 0 Å². The van der Waals surface area contributed by atoms with Gasteiger partial charge in [0.25, 0.3) is 0 Å². The van der Waals surface area contributed by atoms with Gasteiger partial charge in [-0.25, -0.2) is 0 Å². The number of aromatic amines is 1. The van der Waals surface area contributed by atoms with Crippen LogP contribution in [0.25, 0.3) is 11.3 Å². The fourth-order valence-electron chi connectivity index (χ4n) is 1.36. The number of ether oxygens (including phenoxy) is 1. The van der Waals surface area contributed by atoms with Crippen molar-refractivity contribution in [2.45, 2.75) is 0 Å². The van der Waals surface area contributed by atoms with E-state index in [1.165, 1.54) is 0 Å². The third kappa shape index (κ3) is 1.73. The van der Waals surface area contributed by atoms with Crippen molar-refractivity contribution >= 4 is 17.3 Å². The number of methoxy groups -OCH3 is 1. The van der Waals surface area contributed by atoms with E-state index in [0.29, 0.717) is 22.2 Å². The molecule has 0 aliphatic rings. The average molecular weight is 225 g/mol. The highest BCUT2D eigenvalue weighted by atomic mass is 35.5. The Labute approximate surface area is 91.2 Å². The highest BCUT2D eigenvalue weighted by Crippen LogP contribution is 2.36. The fraction of sp³-hybridized carbons (Fsp3) is 0.111. The molecule has 0 unspecified atom stereocenters. The molecule has 0 saturated heterocycles. The monoisotopic (exact) mass is 224 g/mol. The van der Waals surface area contributed by atoms with Crippen molar-refractivity contribution in [1.82, 2.24) is 15.4 Å². The second-order valence-corrected chi connectivity index (χ2v) is 3.37. The van der Waals surface area contributed by atoms with Gasteiger partial charge in [0.2, 0.25) is 0 Å². The van der Waals surface area contributed by atoms with Gasteiger partial charge in [-0.2, -0.15) is 15.4 Å². The number of benzene rings is 1. The minimum atomic E-state index is 0.475. The maximum absolute atomic E-state index is 5.90. The minimum Gasteiger partial charge on any atom is -0.494 e. The average Bonchev–Trinajstić information content (AvgIpc) is 2.69. The molecule has 0 bridgehead atoms. The molecule has 0 saturated carbocycles. The predicted octanol–water partition coefficient (Wildman–Crippen LogP) is 1.72. The molecule has 0 fully saturated rings. The van der Waals surface area contributed by atoms with Crippen molar-refractivity contribution in [1.29, 1.82) is 0 Å². The number of nitrogens with two attached hydrogens (primary N) is 1. The minimum absolute atomic E-state index is 0.475. The third-order valence-electron chi connectivity index (χ3n) is 1.98. The summed E-state index contributed by atoms with van der Waals surface area (Å²) in [6.45, 7) is 0.